The Hall–Kier alpha value is -1.93. The second-order valence-corrected chi connectivity index (χ2v) is 7.52. The number of hydrogen-bond acceptors (Lipinski definition) is 4. The Morgan fingerprint density at radius 1 is 1.17 bits per heavy atom. The van der Waals surface area contributed by atoms with Gasteiger partial charge < -0.3 is 15.5 Å². The highest BCUT2D eigenvalue weighted by Gasteiger charge is 2.14. The van der Waals surface area contributed by atoms with Gasteiger partial charge in [-0.1, -0.05) is 13.0 Å². The molecule has 0 radical (unpaired) electrons. The molecule has 0 spiro atoms. The minimum Gasteiger partial charge on any atom is -0.351 e. The van der Waals surface area contributed by atoms with E-state index in [-0.39, 0.29) is 29.8 Å². The number of amides is 2. The molecular formula is C15H24N3O4S+. The zero-order valence-electron chi connectivity index (χ0n) is 13.7. The summed E-state index contributed by atoms with van der Waals surface area (Å²) in [7, 11) is -1.57. The fraction of sp³-hybridized carbons (Fsp3) is 0.467. The molecule has 0 saturated carbocycles. The van der Waals surface area contributed by atoms with Gasteiger partial charge in [0.1, 0.15) is 0 Å². The predicted molar refractivity (Wildman–Crippen MR) is 88.1 cm³/mol. The maximum Gasteiger partial charge on any atom is 0.279 e. The van der Waals surface area contributed by atoms with Gasteiger partial charge in [-0.15, -0.1) is 0 Å². The number of hydrogen-bond donors (Lipinski definition) is 3. The van der Waals surface area contributed by atoms with Crippen molar-refractivity contribution in [3.05, 3.63) is 24.3 Å². The molecule has 0 aliphatic heterocycles. The van der Waals surface area contributed by atoms with Gasteiger partial charge >= 0.3 is 0 Å². The Morgan fingerprint density at radius 2 is 1.83 bits per heavy atom. The molecule has 7 nitrogen and oxygen atoms in total. The summed E-state index contributed by atoms with van der Waals surface area (Å²) in [5, 5.41) is 5.40. The first-order chi connectivity index (χ1) is 10.7. The number of quaternary nitrogens is 1. The molecule has 1 aromatic rings. The van der Waals surface area contributed by atoms with Crippen LogP contribution in [0.2, 0.25) is 0 Å². The molecule has 0 heterocycles. The molecule has 1 rings (SSSR count). The molecule has 8 heteroatoms. The minimum atomic E-state index is -3.32. The van der Waals surface area contributed by atoms with E-state index in [9.17, 15) is 18.0 Å². The highest BCUT2D eigenvalue weighted by Crippen LogP contribution is 2.14. The Kier molecular flexibility index (Phi) is 7.18. The summed E-state index contributed by atoms with van der Waals surface area (Å²) < 4.78 is 23.0. The van der Waals surface area contributed by atoms with Crippen LogP contribution in [0.25, 0.3) is 0 Å². The molecule has 0 bridgehead atoms. The number of nitrogens with one attached hydrogen (secondary N) is 3. The third-order valence-electron chi connectivity index (χ3n) is 3.04. The van der Waals surface area contributed by atoms with Crippen molar-refractivity contribution in [1.29, 1.82) is 0 Å². The quantitative estimate of drug-likeness (QED) is 0.569. The van der Waals surface area contributed by atoms with Gasteiger partial charge in [-0.2, -0.15) is 0 Å². The molecule has 3 N–H and O–H groups in total. The van der Waals surface area contributed by atoms with E-state index in [4.69, 9.17) is 0 Å². The smallest absolute Gasteiger partial charge is 0.279 e. The van der Waals surface area contributed by atoms with Crippen molar-refractivity contribution >= 4 is 27.3 Å². The van der Waals surface area contributed by atoms with Gasteiger partial charge in [-0.25, -0.2) is 8.42 Å². The Balaban J connectivity index is 2.55. The van der Waals surface area contributed by atoms with Crippen LogP contribution in [0.1, 0.15) is 13.3 Å². The van der Waals surface area contributed by atoms with E-state index in [1.807, 2.05) is 6.92 Å². The van der Waals surface area contributed by atoms with Gasteiger partial charge in [0.15, 0.2) is 22.9 Å². The van der Waals surface area contributed by atoms with Crippen LogP contribution in [0.15, 0.2) is 29.2 Å². The molecule has 128 valence electrons. The molecule has 0 aliphatic rings. The van der Waals surface area contributed by atoms with Crippen molar-refractivity contribution < 1.29 is 22.9 Å². The first kappa shape index (κ1) is 19.1. The average molecular weight is 342 g/mol. The molecule has 0 aromatic heterocycles. The van der Waals surface area contributed by atoms with E-state index >= 15 is 0 Å². The van der Waals surface area contributed by atoms with E-state index in [1.54, 1.807) is 19.2 Å². The predicted octanol–water partition coefficient (Wildman–Crippen LogP) is -0.930. The summed E-state index contributed by atoms with van der Waals surface area (Å²) in [6.07, 6.45) is 1.97. The minimum absolute atomic E-state index is 0.101. The number of sulfone groups is 1. The number of rotatable bonds is 8. The molecular weight excluding hydrogens is 318 g/mol. The topological polar surface area (TPSA) is 96.8 Å². The van der Waals surface area contributed by atoms with Gasteiger partial charge in [0, 0.05) is 18.5 Å². The Morgan fingerprint density at radius 3 is 2.43 bits per heavy atom. The van der Waals surface area contributed by atoms with E-state index in [0.29, 0.717) is 12.2 Å². The number of carbonyl (C=O) groups excluding carboxylic acids is 2. The van der Waals surface area contributed by atoms with Crippen LogP contribution in [0.4, 0.5) is 5.69 Å². The monoisotopic (exact) mass is 342 g/mol. The third-order valence-corrected chi connectivity index (χ3v) is 4.15. The number of likely N-dealkylation sites (N-methyl/N-ethyl adjacent to an activating group) is 1. The van der Waals surface area contributed by atoms with E-state index in [2.05, 4.69) is 10.6 Å². The fourth-order valence-corrected chi connectivity index (χ4v) is 2.61. The van der Waals surface area contributed by atoms with Gasteiger partial charge in [0.05, 0.1) is 11.9 Å². The zero-order chi connectivity index (χ0) is 17.5. The first-order valence-corrected chi connectivity index (χ1v) is 9.29. The van der Waals surface area contributed by atoms with Crippen molar-refractivity contribution in [3.8, 4) is 0 Å². The number of benzene rings is 1. The SMILES string of the molecule is CCCNC(=O)C[NH+](C)CC(=O)Nc1cccc(S(C)(=O)=O)c1. The van der Waals surface area contributed by atoms with Crippen LogP contribution in [-0.2, 0) is 19.4 Å². The highest BCUT2D eigenvalue weighted by atomic mass is 32.2. The lowest BCUT2D eigenvalue weighted by Crippen LogP contribution is -3.11. The van der Waals surface area contributed by atoms with Crippen molar-refractivity contribution in [3.63, 3.8) is 0 Å². The lowest BCUT2D eigenvalue weighted by atomic mass is 10.3. The molecule has 0 saturated heterocycles. The summed E-state index contributed by atoms with van der Waals surface area (Å²) in [5.74, 6) is -0.382. The maximum absolute atomic E-state index is 12.0. The molecule has 23 heavy (non-hydrogen) atoms. The summed E-state index contributed by atoms with van der Waals surface area (Å²) in [6.45, 7) is 2.91. The second-order valence-electron chi connectivity index (χ2n) is 5.51. The fourth-order valence-electron chi connectivity index (χ4n) is 1.95. The van der Waals surface area contributed by atoms with Gasteiger partial charge in [0.2, 0.25) is 0 Å². The second kappa shape index (κ2) is 8.64. The van der Waals surface area contributed by atoms with Crippen LogP contribution in [0.5, 0.6) is 0 Å². The zero-order valence-corrected chi connectivity index (χ0v) is 14.5. The molecule has 2 amide bonds. The molecule has 1 unspecified atom stereocenters. The van der Waals surface area contributed by atoms with Crippen LogP contribution < -0.4 is 15.5 Å². The van der Waals surface area contributed by atoms with Crippen molar-refractivity contribution in [1.82, 2.24) is 5.32 Å². The summed E-state index contributed by atoms with van der Waals surface area (Å²) in [6, 6.07) is 6.08. The normalized spacial score (nSPS) is 12.5. The molecule has 0 aliphatic carbocycles. The van der Waals surface area contributed by atoms with Crippen LogP contribution >= 0.6 is 0 Å². The number of carbonyl (C=O) groups is 2. The third kappa shape index (κ3) is 7.25. The molecule has 0 fully saturated rings. The maximum atomic E-state index is 12.0. The number of anilines is 1. The summed E-state index contributed by atoms with van der Waals surface area (Å²) >= 11 is 0. The average Bonchev–Trinajstić information content (AvgIpc) is 2.44. The Labute approximate surface area is 137 Å². The standard InChI is InChI=1S/C15H23N3O4S/c1-4-8-16-14(19)10-18(2)11-15(20)17-12-6-5-7-13(9-12)23(3,21)22/h5-7,9H,4,8,10-11H2,1-3H3,(H,16,19)(H,17,20)/p+1. The van der Waals surface area contributed by atoms with Crippen molar-refractivity contribution in [2.45, 2.75) is 18.2 Å². The van der Waals surface area contributed by atoms with Crippen molar-refractivity contribution in [2.24, 2.45) is 0 Å². The van der Waals surface area contributed by atoms with Crippen LogP contribution in [0.3, 0.4) is 0 Å². The van der Waals surface area contributed by atoms with Gasteiger partial charge in [-0.05, 0) is 24.6 Å². The largest absolute Gasteiger partial charge is 0.351 e. The van der Waals surface area contributed by atoms with E-state index in [0.717, 1.165) is 17.6 Å². The lowest BCUT2D eigenvalue weighted by Gasteiger charge is -2.13. The Bertz CT molecular complexity index is 658. The van der Waals surface area contributed by atoms with Gasteiger partial charge in [0.25, 0.3) is 11.8 Å². The van der Waals surface area contributed by atoms with Crippen LogP contribution in [0, 0.1) is 0 Å². The first-order valence-electron chi connectivity index (χ1n) is 7.40. The van der Waals surface area contributed by atoms with E-state index < -0.39 is 9.84 Å². The van der Waals surface area contributed by atoms with Crippen LogP contribution in [-0.4, -0.2) is 53.2 Å². The summed E-state index contributed by atoms with van der Waals surface area (Å²) in [5.41, 5.74) is 0.418. The summed E-state index contributed by atoms with van der Waals surface area (Å²) in [4.78, 5) is 24.4. The van der Waals surface area contributed by atoms with Gasteiger partial charge in [-0.3, -0.25) is 9.59 Å². The lowest BCUT2D eigenvalue weighted by molar-refractivity contribution is -0.862. The highest BCUT2D eigenvalue weighted by molar-refractivity contribution is 7.90. The molecule has 1 aromatic carbocycles. The molecule has 1 atom stereocenters. The van der Waals surface area contributed by atoms with E-state index in [1.165, 1.54) is 12.1 Å². The van der Waals surface area contributed by atoms with Crippen molar-refractivity contribution in [2.75, 3.05) is 38.3 Å².